The lowest BCUT2D eigenvalue weighted by atomic mass is 10.2. The summed E-state index contributed by atoms with van der Waals surface area (Å²) in [6.07, 6.45) is 2.75. The van der Waals surface area contributed by atoms with E-state index in [9.17, 15) is 14.0 Å². The van der Waals surface area contributed by atoms with Gasteiger partial charge in [0.05, 0.1) is 17.4 Å². The van der Waals surface area contributed by atoms with E-state index in [1.54, 1.807) is 0 Å². The third-order valence-corrected chi connectivity index (χ3v) is 3.26. The van der Waals surface area contributed by atoms with E-state index in [0.29, 0.717) is 14.8 Å². The molecule has 2 N–H and O–H groups in total. The first-order valence-corrected chi connectivity index (χ1v) is 6.54. The molecule has 0 saturated carbocycles. The summed E-state index contributed by atoms with van der Waals surface area (Å²) in [7, 11) is 0. The van der Waals surface area contributed by atoms with Crippen molar-refractivity contribution >= 4 is 40.2 Å². The molecule has 104 valence electrons. The van der Waals surface area contributed by atoms with E-state index in [-0.39, 0.29) is 6.54 Å². The highest BCUT2D eigenvalue weighted by atomic mass is 127. The average Bonchev–Trinajstić information content (AvgIpc) is 2.75. The topological polar surface area (TPSA) is 84.2 Å². The summed E-state index contributed by atoms with van der Waals surface area (Å²) < 4.78 is 14.6. The number of carboxylic acids is 1. The molecule has 0 radical (unpaired) electrons. The number of hydrogen-bond acceptors (Lipinski definition) is 3. The lowest BCUT2D eigenvalue weighted by Crippen LogP contribution is -2.13. The van der Waals surface area contributed by atoms with Crippen molar-refractivity contribution in [3.8, 4) is 0 Å². The van der Waals surface area contributed by atoms with Gasteiger partial charge in [0, 0.05) is 9.77 Å². The first kappa shape index (κ1) is 14.4. The third-order valence-electron chi connectivity index (χ3n) is 2.36. The molecule has 1 amide bonds. The smallest absolute Gasteiger partial charge is 0.325 e. The number of aliphatic carboxylic acids is 1. The summed E-state index contributed by atoms with van der Waals surface area (Å²) >= 11 is 1.87. The minimum atomic E-state index is -1.03. The van der Waals surface area contributed by atoms with Gasteiger partial charge in [0.25, 0.3) is 5.91 Å². The fourth-order valence-electron chi connectivity index (χ4n) is 1.53. The lowest BCUT2D eigenvalue weighted by Gasteiger charge is -2.04. The summed E-state index contributed by atoms with van der Waals surface area (Å²) in [5.41, 5.74) is 0.703. The van der Waals surface area contributed by atoms with E-state index in [0.717, 1.165) is 0 Å². The number of benzene rings is 1. The molecule has 1 aromatic heterocycles. The number of carbonyl (C=O) groups is 2. The quantitative estimate of drug-likeness (QED) is 0.784. The van der Waals surface area contributed by atoms with Gasteiger partial charge in [0.2, 0.25) is 0 Å². The SMILES string of the molecule is O=C(O)Cn1cc(NC(=O)c2ccc(F)cc2I)cn1. The molecular weight excluding hydrogens is 380 g/mol. The molecular formula is C12H9FIN3O3. The number of anilines is 1. The van der Waals surface area contributed by atoms with Crippen LogP contribution in [0.5, 0.6) is 0 Å². The normalized spacial score (nSPS) is 10.3. The number of hydrogen-bond donors (Lipinski definition) is 2. The maximum Gasteiger partial charge on any atom is 0.325 e. The van der Waals surface area contributed by atoms with Crippen molar-refractivity contribution in [3.63, 3.8) is 0 Å². The molecule has 6 nitrogen and oxygen atoms in total. The fourth-order valence-corrected chi connectivity index (χ4v) is 2.25. The second kappa shape index (κ2) is 5.99. The van der Waals surface area contributed by atoms with E-state index >= 15 is 0 Å². The van der Waals surface area contributed by atoms with Crippen molar-refractivity contribution in [1.29, 1.82) is 0 Å². The highest BCUT2D eigenvalue weighted by Crippen LogP contribution is 2.16. The first-order valence-electron chi connectivity index (χ1n) is 5.46. The average molecular weight is 389 g/mol. The molecule has 1 heterocycles. The Morgan fingerprint density at radius 1 is 1.45 bits per heavy atom. The van der Waals surface area contributed by atoms with Crippen LogP contribution in [-0.2, 0) is 11.3 Å². The van der Waals surface area contributed by atoms with Crippen LogP contribution in [0.25, 0.3) is 0 Å². The predicted octanol–water partition coefficient (Wildman–Crippen LogP) is 1.96. The molecule has 0 fully saturated rings. The summed E-state index contributed by atoms with van der Waals surface area (Å²) in [5, 5.41) is 15.0. The zero-order chi connectivity index (χ0) is 14.7. The van der Waals surface area contributed by atoms with E-state index in [4.69, 9.17) is 5.11 Å². The molecule has 0 saturated heterocycles. The second-order valence-corrected chi connectivity index (χ2v) is 5.06. The number of nitrogens with one attached hydrogen (secondary N) is 1. The van der Waals surface area contributed by atoms with Gasteiger partial charge in [0.15, 0.2) is 0 Å². The van der Waals surface area contributed by atoms with Crippen LogP contribution >= 0.6 is 22.6 Å². The van der Waals surface area contributed by atoms with Gasteiger partial charge in [-0.15, -0.1) is 0 Å². The van der Waals surface area contributed by atoms with Gasteiger partial charge in [-0.2, -0.15) is 5.10 Å². The number of amides is 1. The largest absolute Gasteiger partial charge is 0.480 e. The molecule has 0 bridgehead atoms. The predicted molar refractivity (Wildman–Crippen MR) is 76.9 cm³/mol. The van der Waals surface area contributed by atoms with Crippen LogP contribution in [0.2, 0.25) is 0 Å². The Morgan fingerprint density at radius 3 is 2.85 bits per heavy atom. The van der Waals surface area contributed by atoms with Gasteiger partial charge >= 0.3 is 5.97 Å². The highest BCUT2D eigenvalue weighted by Gasteiger charge is 2.12. The number of nitrogens with zero attached hydrogens (tertiary/aromatic N) is 2. The van der Waals surface area contributed by atoms with Gasteiger partial charge in [-0.05, 0) is 40.8 Å². The molecule has 0 atom stereocenters. The van der Waals surface area contributed by atoms with Crippen LogP contribution in [0, 0.1) is 9.39 Å². The zero-order valence-corrected chi connectivity index (χ0v) is 12.2. The van der Waals surface area contributed by atoms with Crippen molar-refractivity contribution < 1.29 is 19.1 Å². The summed E-state index contributed by atoms with van der Waals surface area (Å²) in [4.78, 5) is 22.5. The molecule has 0 aliphatic carbocycles. The van der Waals surface area contributed by atoms with Crippen LogP contribution in [0.4, 0.5) is 10.1 Å². The van der Waals surface area contributed by atoms with Crippen molar-refractivity contribution in [3.05, 3.63) is 45.5 Å². The highest BCUT2D eigenvalue weighted by molar-refractivity contribution is 14.1. The Bertz CT molecular complexity index is 672. The van der Waals surface area contributed by atoms with Crippen LogP contribution in [0.3, 0.4) is 0 Å². The minimum absolute atomic E-state index is 0.288. The monoisotopic (exact) mass is 389 g/mol. The van der Waals surface area contributed by atoms with Gasteiger partial charge in [0.1, 0.15) is 12.4 Å². The Hall–Kier alpha value is -1.97. The molecule has 0 aliphatic heterocycles. The van der Waals surface area contributed by atoms with Gasteiger partial charge in [-0.1, -0.05) is 0 Å². The molecule has 2 rings (SSSR count). The van der Waals surface area contributed by atoms with Gasteiger partial charge in [-0.3, -0.25) is 14.3 Å². The number of aromatic nitrogens is 2. The number of carboxylic acid groups (broad SMARTS) is 1. The molecule has 8 heteroatoms. The van der Waals surface area contributed by atoms with Crippen LogP contribution in [-0.4, -0.2) is 26.8 Å². The molecule has 20 heavy (non-hydrogen) atoms. The minimum Gasteiger partial charge on any atom is -0.480 e. The maximum atomic E-state index is 13.0. The van der Waals surface area contributed by atoms with Crippen LogP contribution < -0.4 is 5.32 Å². The Morgan fingerprint density at radius 2 is 2.20 bits per heavy atom. The van der Waals surface area contributed by atoms with Gasteiger partial charge < -0.3 is 10.4 Å². The Balaban J connectivity index is 2.11. The summed E-state index contributed by atoms with van der Waals surface area (Å²) in [5.74, 6) is -1.86. The van der Waals surface area contributed by atoms with E-state index in [1.165, 1.54) is 35.3 Å². The van der Waals surface area contributed by atoms with E-state index in [1.807, 2.05) is 22.6 Å². The maximum absolute atomic E-state index is 13.0. The molecule has 1 aromatic carbocycles. The van der Waals surface area contributed by atoms with E-state index in [2.05, 4.69) is 10.4 Å². The first-order chi connectivity index (χ1) is 9.45. The number of rotatable bonds is 4. The second-order valence-electron chi connectivity index (χ2n) is 3.90. The Kier molecular flexibility index (Phi) is 4.32. The number of halogens is 2. The molecule has 0 unspecified atom stereocenters. The standard InChI is InChI=1S/C12H9FIN3O3/c13-7-1-2-9(10(14)3-7)12(20)16-8-4-15-17(5-8)6-11(18)19/h1-5H,6H2,(H,16,20)(H,18,19). The molecule has 0 aliphatic rings. The third kappa shape index (κ3) is 3.53. The molecule has 2 aromatic rings. The van der Waals surface area contributed by atoms with Crippen molar-refractivity contribution in [1.82, 2.24) is 9.78 Å². The van der Waals surface area contributed by atoms with E-state index < -0.39 is 17.7 Å². The van der Waals surface area contributed by atoms with Crippen molar-refractivity contribution in [2.45, 2.75) is 6.54 Å². The summed E-state index contributed by atoms with van der Waals surface area (Å²) in [6.45, 7) is -0.288. The zero-order valence-electron chi connectivity index (χ0n) is 10.0. The molecule has 0 spiro atoms. The number of carbonyl (C=O) groups excluding carboxylic acids is 1. The van der Waals surface area contributed by atoms with Crippen molar-refractivity contribution in [2.75, 3.05) is 5.32 Å². The van der Waals surface area contributed by atoms with Crippen LogP contribution in [0.1, 0.15) is 10.4 Å². The summed E-state index contributed by atoms with van der Waals surface area (Å²) in [6, 6.07) is 3.84. The van der Waals surface area contributed by atoms with Crippen LogP contribution in [0.15, 0.2) is 30.6 Å². The van der Waals surface area contributed by atoms with Crippen molar-refractivity contribution in [2.24, 2.45) is 0 Å². The lowest BCUT2D eigenvalue weighted by molar-refractivity contribution is -0.137. The Labute approximate surface area is 126 Å². The van der Waals surface area contributed by atoms with Gasteiger partial charge in [-0.25, -0.2) is 4.39 Å². The fraction of sp³-hybridized carbons (Fsp3) is 0.0833.